The molecule has 0 aliphatic carbocycles. The Hall–Kier alpha value is -1.88. The molecular weight excluding hydrogens is 230 g/mol. The van der Waals surface area contributed by atoms with Gasteiger partial charge in [-0.25, -0.2) is 9.78 Å². The van der Waals surface area contributed by atoms with Gasteiger partial charge in [0.05, 0.1) is 12.6 Å². The lowest BCUT2D eigenvalue weighted by Crippen LogP contribution is -2.43. The van der Waals surface area contributed by atoms with E-state index in [2.05, 4.69) is 10.3 Å². The van der Waals surface area contributed by atoms with Crippen molar-refractivity contribution in [1.29, 1.82) is 0 Å². The van der Waals surface area contributed by atoms with Gasteiger partial charge in [-0.05, 0) is 31.1 Å². The Morgan fingerprint density at radius 2 is 2.39 bits per heavy atom. The van der Waals surface area contributed by atoms with Gasteiger partial charge in [0.1, 0.15) is 5.82 Å². The van der Waals surface area contributed by atoms with Crippen molar-refractivity contribution in [2.75, 3.05) is 20.2 Å². The molecule has 0 saturated carbocycles. The fourth-order valence-electron chi connectivity index (χ4n) is 2.24. The number of esters is 1. The Labute approximate surface area is 105 Å². The number of carbonyl (C=O) groups excluding carboxylic acids is 1. The Bertz CT molecular complexity index is 587. The van der Waals surface area contributed by atoms with Gasteiger partial charge in [-0.3, -0.25) is 0 Å². The third kappa shape index (κ3) is 1.76. The number of methoxy groups -OCH3 is 1. The van der Waals surface area contributed by atoms with Crippen LogP contribution >= 0.6 is 0 Å². The van der Waals surface area contributed by atoms with Gasteiger partial charge >= 0.3 is 5.97 Å². The number of aromatic nitrogens is 2. The second-order valence-corrected chi connectivity index (χ2v) is 4.55. The van der Waals surface area contributed by atoms with E-state index in [0.29, 0.717) is 11.6 Å². The number of carbonyl (C=O) groups is 1. The number of imidazole rings is 1. The average molecular weight is 245 g/mol. The molecule has 1 fully saturated rings. The first kappa shape index (κ1) is 11.2. The zero-order chi connectivity index (χ0) is 12.5. The van der Waals surface area contributed by atoms with E-state index < -0.39 is 0 Å². The van der Waals surface area contributed by atoms with Crippen molar-refractivity contribution in [3.63, 3.8) is 0 Å². The molecule has 0 atom stereocenters. The third-order valence-corrected chi connectivity index (χ3v) is 3.34. The average Bonchev–Trinajstić information content (AvgIpc) is 2.72. The summed E-state index contributed by atoms with van der Waals surface area (Å²) in [6.45, 7) is 2.05. The summed E-state index contributed by atoms with van der Waals surface area (Å²) in [6, 6.07) is 5.73. The molecule has 1 aliphatic rings. The van der Waals surface area contributed by atoms with Gasteiger partial charge in [-0.1, -0.05) is 6.07 Å². The first-order valence-corrected chi connectivity index (χ1v) is 6.04. The van der Waals surface area contributed by atoms with Crippen molar-refractivity contribution in [3.05, 3.63) is 35.9 Å². The third-order valence-electron chi connectivity index (χ3n) is 3.34. The van der Waals surface area contributed by atoms with E-state index in [-0.39, 0.29) is 5.97 Å². The van der Waals surface area contributed by atoms with E-state index in [1.54, 1.807) is 0 Å². The van der Waals surface area contributed by atoms with Crippen LogP contribution in [0.3, 0.4) is 0 Å². The van der Waals surface area contributed by atoms with Gasteiger partial charge in [-0.2, -0.15) is 0 Å². The number of hydrogen-bond acceptors (Lipinski definition) is 4. The number of rotatable bonds is 3. The highest BCUT2D eigenvalue weighted by Gasteiger charge is 2.22. The molecule has 0 radical (unpaired) electrons. The van der Waals surface area contributed by atoms with Gasteiger partial charge in [0.25, 0.3) is 0 Å². The van der Waals surface area contributed by atoms with Crippen LogP contribution in [0.25, 0.3) is 5.52 Å². The summed E-state index contributed by atoms with van der Waals surface area (Å²) in [5.41, 5.74) is 1.21. The topological polar surface area (TPSA) is 55.6 Å². The van der Waals surface area contributed by atoms with Crippen molar-refractivity contribution in [3.8, 4) is 0 Å². The highest BCUT2D eigenvalue weighted by Crippen LogP contribution is 2.18. The summed E-state index contributed by atoms with van der Waals surface area (Å²) in [5.74, 6) is 1.16. The van der Waals surface area contributed by atoms with Crippen LogP contribution < -0.4 is 5.32 Å². The van der Waals surface area contributed by atoms with Crippen LogP contribution in [0.2, 0.25) is 0 Å². The van der Waals surface area contributed by atoms with Crippen molar-refractivity contribution in [1.82, 2.24) is 14.7 Å². The Morgan fingerprint density at radius 1 is 1.56 bits per heavy atom. The molecule has 18 heavy (non-hydrogen) atoms. The van der Waals surface area contributed by atoms with Gasteiger partial charge in [0.15, 0.2) is 5.69 Å². The van der Waals surface area contributed by atoms with Gasteiger partial charge in [0, 0.05) is 12.6 Å². The number of nitrogens with one attached hydrogen (secondary N) is 1. The lowest BCUT2D eigenvalue weighted by atomic mass is 9.99. The van der Waals surface area contributed by atoms with E-state index in [1.165, 1.54) is 7.11 Å². The first-order valence-electron chi connectivity index (χ1n) is 6.04. The van der Waals surface area contributed by atoms with Crippen molar-refractivity contribution >= 4 is 11.5 Å². The summed E-state index contributed by atoms with van der Waals surface area (Å²) in [6.07, 6.45) is 2.82. The molecule has 3 rings (SSSR count). The maximum absolute atomic E-state index is 11.7. The Balaban J connectivity index is 2.04. The maximum Gasteiger partial charge on any atom is 0.358 e. The number of nitrogens with zero attached hydrogens (tertiary/aromatic N) is 2. The van der Waals surface area contributed by atoms with Crippen LogP contribution in [-0.2, 0) is 11.2 Å². The van der Waals surface area contributed by atoms with Crippen molar-refractivity contribution in [2.24, 2.45) is 5.92 Å². The summed E-state index contributed by atoms with van der Waals surface area (Å²) in [7, 11) is 1.38. The summed E-state index contributed by atoms with van der Waals surface area (Å²) in [4.78, 5) is 16.1. The molecule has 3 heterocycles. The molecule has 2 aromatic heterocycles. The summed E-state index contributed by atoms with van der Waals surface area (Å²) < 4.78 is 6.75. The molecular formula is C13H15N3O2. The smallest absolute Gasteiger partial charge is 0.358 e. The fraction of sp³-hybridized carbons (Fsp3) is 0.385. The molecule has 0 bridgehead atoms. The van der Waals surface area contributed by atoms with Gasteiger partial charge in [-0.15, -0.1) is 0 Å². The molecule has 0 unspecified atom stereocenters. The quantitative estimate of drug-likeness (QED) is 0.816. The monoisotopic (exact) mass is 245 g/mol. The van der Waals surface area contributed by atoms with Gasteiger partial charge in [0.2, 0.25) is 0 Å². The zero-order valence-electron chi connectivity index (χ0n) is 10.2. The lowest BCUT2D eigenvalue weighted by molar-refractivity contribution is 0.0596. The SMILES string of the molecule is COC(=O)c1nc(CC2CNC2)n2ccccc12. The molecule has 1 N–H and O–H groups in total. The van der Waals surface area contributed by atoms with E-state index in [0.717, 1.165) is 30.9 Å². The molecule has 1 saturated heterocycles. The van der Waals surface area contributed by atoms with Gasteiger partial charge < -0.3 is 14.5 Å². The van der Waals surface area contributed by atoms with E-state index >= 15 is 0 Å². The number of hydrogen-bond donors (Lipinski definition) is 1. The van der Waals surface area contributed by atoms with E-state index in [1.807, 2.05) is 28.8 Å². The molecule has 2 aromatic rings. The molecule has 94 valence electrons. The largest absolute Gasteiger partial charge is 0.464 e. The van der Waals surface area contributed by atoms with Crippen LogP contribution in [0.1, 0.15) is 16.3 Å². The number of ether oxygens (including phenoxy) is 1. The molecule has 1 aliphatic heterocycles. The van der Waals surface area contributed by atoms with Crippen LogP contribution in [-0.4, -0.2) is 35.6 Å². The molecule has 5 nitrogen and oxygen atoms in total. The standard InChI is InChI=1S/C13H15N3O2/c1-18-13(17)12-10-4-2-3-5-16(10)11(15-12)6-9-7-14-8-9/h2-5,9,14H,6-8H2,1H3. The highest BCUT2D eigenvalue weighted by molar-refractivity contribution is 5.95. The van der Waals surface area contributed by atoms with Crippen LogP contribution in [0.4, 0.5) is 0 Å². The van der Waals surface area contributed by atoms with Crippen LogP contribution in [0.5, 0.6) is 0 Å². The van der Waals surface area contributed by atoms with E-state index in [4.69, 9.17) is 4.74 Å². The molecule has 5 heteroatoms. The Kier molecular flexibility index (Phi) is 2.76. The van der Waals surface area contributed by atoms with Crippen LogP contribution in [0, 0.1) is 5.92 Å². The second kappa shape index (κ2) is 4.42. The lowest BCUT2D eigenvalue weighted by Gasteiger charge is -2.26. The van der Waals surface area contributed by atoms with Crippen molar-refractivity contribution < 1.29 is 9.53 Å². The normalized spacial score (nSPS) is 15.6. The predicted octanol–water partition coefficient (Wildman–Crippen LogP) is 0.883. The summed E-state index contributed by atoms with van der Waals surface area (Å²) in [5, 5.41) is 3.24. The van der Waals surface area contributed by atoms with E-state index in [9.17, 15) is 4.79 Å². The summed E-state index contributed by atoms with van der Waals surface area (Å²) >= 11 is 0. The zero-order valence-corrected chi connectivity index (χ0v) is 10.2. The maximum atomic E-state index is 11.7. The molecule has 0 spiro atoms. The number of fused-ring (bicyclic) bond motifs is 1. The predicted molar refractivity (Wildman–Crippen MR) is 66.6 cm³/mol. The van der Waals surface area contributed by atoms with Crippen molar-refractivity contribution in [2.45, 2.75) is 6.42 Å². The molecule has 0 aromatic carbocycles. The second-order valence-electron chi connectivity index (χ2n) is 4.55. The fourth-order valence-corrected chi connectivity index (χ4v) is 2.24. The minimum Gasteiger partial charge on any atom is -0.464 e. The first-order chi connectivity index (χ1) is 8.79. The highest BCUT2D eigenvalue weighted by atomic mass is 16.5. The minimum absolute atomic E-state index is 0.378. The number of pyridine rings is 1. The minimum atomic E-state index is -0.378. The van der Waals surface area contributed by atoms with Crippen LogP contribution in [0.15, 0.2) is 24.4 Å². The molecule has 0 amide bonds. The Morgan fingerprint density at radius 3 is 3.06 bits per heavy atom.